The van der Waals surface area contributed by atoms with Crippen molar-refractivity contribution in [3.05, 3.63) is 60.0 Å². The summed E-state index contributed by atoms with van der Waals surface area (Å²) in [5.74, 6) is 2.21. The molecule has 1 aliphatic rings. The molecule has 0 spiro atoms. The van der Waals surface area contributed by atoms with Gasteiger partial charge in [0.1, 0.15) is 5.82 Å². The van der Waals surface area contributed by atoms with E-state index in [4.69, 9.17) is 10.3 Å². The number of anilines is 1. The smallest absolute Gasteiger partial charge is 0.259 e. The molecule has 4 rings (SSSR count). The minimum atomic E-state index is 0.242. The fourth-order valence-electron chi connectivity index (χ4n) is 3.26. The highest BCUT2D eigenvalue weighted by molar-refractivity contribution is 5.55. The summed E-state index contributed by atoms with van der Waals surface area (Å²) in [6.45, 7) is 1.82. The van der Waals surface area contributed by atoms with Gasteiger partial charge in [0.05, 0.1) is 5.56 Å². The average Bonchev–Trinajstić information content (AvgIpc) is 3.32. The molecule has 6 heteroatoms. The topological polar surface area (TPSA) is 81.1 Å². The molecule has 1 saturated heterocycles. The first-order chi connectivity index (χ1) is 12.8. The summed E-state index contributed by atoms with van der Waals surface area (Å²) in [6.07, 6.45) is 5.61. The Bertz CT molecular complexity index is 831. The highest BCUT2D eigenvalue weighted by atomic mass is 16.5. The van der Waals surface area contributed by atoms with Crippen LogP contribution in [0.2, 0.25) is 0 Å². The zero-order valence-corrected chi connectivity index (χ0v) is 14.7. The van der Waals surface area contributed by atoms with Crippen LogP contribution >= 0.6 is 0 Å². The summed E-state index contributed by atoms with van der Waals surface area (Å²) in [6, 6.07) is 14.7. The Morgan fingerprint density at radius 3 is 2.73 bits per heavy atom. The molecule has 1 atom stereocenters. The van der Waals surface area contributed by atoms with E-state index in [1.807, 2.05) is 18.2 Å². The number of hydrogen-bond donors (Lipinski definition) is 1. The molecule has 0 aliphatic carbocycles. The van der Waals surface area contributed by atoms with Crippen molar-refractivity contribution in [3.8, 4) is 11.5 Å². The Balaban J connectivity index is 1.35. The molecule has 3 heterocycles. The van der Waals surface area contributed by atoms with E-state index in [-0.39, 0.29) is 6.04 Å². The van der Waals surface area contributed by atoms with Crippen LogP contribution in [0.15, 0.2) is 53.2 Å². The van der Waals surface area contributed by atoms with E-state index in [1.165, 1.54) is 5.56 Å². The molecule has 134 valence electrons. The first kappa shape index (κ1) is 16.7. The van der Waals surface area contributed by atoms with Crippen molar-refractivity contribution >= 4 is 5.82 Å². The molecule has 3 aromatic rings. The molecule has 6 nitrogen and oxygen atoms in total. The van der Waals surface area contributed by atoms with Crippen molar-refractivity contribution < 1.29 is 4.52 Å². The summed E-state index contributed by atoms with van der Waals surface area (Å²) < 4.78 is 5.40. The van der Waals surface area contributed by atoms with Crippen LogP contribution in [-0.4, -0.2) is 34.3 Å². The monoisotopic (exact) mass is 349 g/mol. The third-order valence-electron chi connectivity index (χ3n) is 4.72. The predicted molar refractivity (Wildman–Crippen MR) is 101 cm³/mol. The van der Waals surface area contributed by atoms with E-state index in [0.29, 0.717) is 5.89 Å². The third kappa shape index (κ3) is 3.91. The summed E-state index contributed by atoms with van der Waals surface area (Å²) in [5, 5.41) is 4.09. The molecular weight excluding hydrogens is 326 g/mol. The van der Waals surface area contributed by atoms with Crippen molar-refractivity contribution in [1.29, 1.82) is 0 Å². The zero-order valence-electron chi connectivity index (χ0n) is 14.7. The summed E-state index contributed by atoms with van der Waals surface area (Å²) >= 11 is 0. The molecule has 1 unspecified atom stereocenters. The molecule has 0 amide bonds. The van der Waals surface area contributed by atoms with E-state index in [1.54, 1.807) is 6.20 Å². The van der Waals surface area contributed by atoms with Crippen LogP contribution in [0.1, 0.15) is 24.2 Å². The molecule has 0 radical (unpaired) electrons. The van der Waals surface area contributed by atoms with Gasteiger partial charge in [-0.3, -0.25) is 0 Å². The fourth-order valence-corrected chi connectivity index (χ4v) is 3.26. The van der Waals surface area contributed by atoms with Crippen molar-refractivity contribution in [2.24, 2.45) is 5.73 Å². The van der Waals surface area contributed by atoms with Crippen LogP contribution in [0.4, 0.5) is 5.82 Å². The maximum Gasteiger partial charge on any atom is 0.259 e. The fraction of sp³-hybridized carbons (Fsp3) is 0.350. The first-order valence-electron chi connectivity index (χ1n) is 9.11. The Morgan fingerprint density at radius 1 is 1.12 bits per heavy atom. The highest BCUT2D eigenvalue weighted by Crippen LogP contribution is 2.22. The molecule has 1 aromatic carbocycles. The van der Waals surface area contributed by atoms with Crippen LogP contribution in [0.25, 0.3) is 11.5 Å². The molecule has 2 N–H and O–H groups in total. The number of pyridine rings is 1. The second kappa shape index (κ2) is 7.66. The second-order valence-electron chi connectivity index (χ2n) is 6.75. The van der Waals surface area contributed by atoms with Gasteiger partial charge in [-0.25, -0.2) is 4.98 Å². The van der Waals surface area contributed by atoms with E-state index < -0.39 is 0 Å². The summed E-state index contributed by atoms with van der Waals surface area (Å²) in [4.78, 5) is 11.2. The largest absolute Gasteiger partial charge is 0.355 e. The maximum absolute atomic E-state index is 5.96. The van der Waals surface area contributed by atoms with Crippen LogP contribution in [-0.2, 0) is 12.8 Å². The van der Waals surface area contributed by atoms with Gasteiger partial charge in [-0.05, 0) is 37.0 Å². The maximum atomic E-state index is 5.96. The zero-order chi connectivity index (χ0) is 17.8. The predicted octanol–water partition coefficient (Wildman–Crippen LogP) is 2.84. The number of benzene rings is 1. The minimum absolute atomic E-state index is 0.242. The van der Waals surface area contributed by atoms with Crippen LogP contribution in [0, 0.1) is 0 Å². The quantitative estimate of drug-likeness (QED) is 0.737. The van der Waals surface area contributed by atoms with E-state index in [9.17, 15) is 0 Å². The van der Waals surface area contributed by atoms with E-state index in [2.05, 4.69) is 44.3 Å². The lowest BCUT2D eigenvalue weighted by atomic mass is 10.1. The van der Waals surface area contributed by atoms with Gasteiger partial charge < -0.3 is 15.2 Å². The molecule has 1 fully saturated rings. The number of aromatic nitrogens is 3. The van der Waals surface area contributed by atoms with Gasteiger partial charge >= 0.3 is 0 Å². The molecule has 1 aliphatic heterocycles. The van der Waals surface area contributed by atoms with Crippen LogP contribution in [0.3, 0.4) is 0 Å². The second-order valence-corrected chi connectivity index (χ2v) is 6.75. The molecule has 0 bridgehead atoms. The third-order valence-corrected chi connectivity index (χ3v) is 4.72. The van der Waals surface area contributed by atoms with Gasteiger partial charge in [-0.15, -0.1) is 0 Å². The van der Waals surface area contributed by atoms with E-state index in [0.717, 1.165) is 56.0 Å². The lowest BCUT2D eigenvalue weighted by Crippen LogP contribution is -2.26. The number of hydrogen-bond acceptors (Lipinski definition) is 6. The molecule has 2 aromatic heterocycles. The number of nitrogens with two attached hydrogens (primary N) is 1. The molecule has 26 heavy (non-hydrogen) atoms. The normalized spacial score (nSPS) is 17.0. The van der Waals surface area contributed by atoms with Gasteiger partial charge in [0.15, 0.2) is 5.82 Å². The molecular formula is C20H23N5O. The first-order valence-corrected chi connectivity index (χ1v) is 9.11. The van der Waals surface area contributed by atoms with Gasteiger partial charge in [0.2, 0.25) is 0 Å². The van der Waals surface area contributed by atoms with Crippen LogP contribution < -0.4 is 10.6 Å². The van der Waals surface area contributed by atoms with Gasteiger partial charge in [0.25, 0.3) is 5.89 Å². The molecule has 0 saturated carbocycles. The van der Waals surface area contributed by atoms with Gasteiger partial charge in [-0.2, -0.15) is 4.98 Å². The lowest BCUT2D eigenvalue weighted by Gasteiger charge is -2.16. The number of nitrogens with zero attached hydrogens (tertiary/aromatic N) is 4. The van der Waals surface area contributed by atoms with Gasteiger partial charge in [0, 0.05) is 31.7 Å². The number of rotatable bonds is 6. The van der Waals surface area contributed by atoms with Crippen molar-refractivity contribution in [2.45, 2.75) is 31.7 Å². The standard InChI is InChI=1S/C20H23N5O/c21-17-11-12-25(14-17)19-10-9-16(13-22-19)20-23-18(24-26-20)8-4-7-15-5-2-1-3-6-15/h1-3,5-6,9-10,13,17H,4,7-8,11-12,14,21H2. The minimum Gasteiger partial charge on any atom is -0.355 e. The highest BCUT2D eigenvalue weighted by Gasteiger charge is 2.20. The van der Waals surface area contributed by atoms with Gasteiger partial charge in [-0.1, -0.05) is 35.5 Å². The summed E-state index contributed by atoms with van der Waals surface area (Å²) in [5.41, 5.74) is 8.14. The Hall–Kier alpha value is -2.73. The Labute approximate surface area is 153 Å². The lowest BCUT2D eigenvalue weighted by molar-refractivity contribution is 0.421. The SMILES string of the molecule is NC1CCN(c2ccc(-c3nc(CCCc4ccccc4)no3)cn2)C1. The van der Waals surface area contributed by atoms with E-state index >= 15 is 0 Å². The summed E-state index contributed by atoms with van der Waals surface area (Å²) in [7, 11) is 0. The van der Waals surface area contributed by atoms with Crippen LogP contribution in [0.5, 0.6) is 0 Å². The average molecular weight is 349 g/mol. The van der Waals surface area contributed by atoms with Crippen molar-refractivity contribution in [3.63, 3.8) is 0 Å². The Kier molecular flexibility index (Phi) is 4.93. The van der Waals surface area contributed by atoms with Crippen molar-refractivity contribution in [1.82, 2.24) is 15.1 Å². The van der Waals surface area contributed by atoms with Crippen molar-refractivity contribution in [2.75, 3.05) is 18.0 Å². The Morgan fingerprint density at radius 2 is 2.00 bits per heavy atom. The number of aryl methyl sites for hydroxylation is 2.